The van der Waals surface area contributed by atoms with Crippen molar-refractivity contribution in [3.63, 3.8) is 0 Å². The lowest BCUT2D eigenvalue weighted by atomic mass is 10.2. The maximum Gasteiger partial charge on any atom is 0.258 e. The number of aryl methyl sites for hydroxylation is 1. The van der Waals surface area contributed by atoms with Crippen LogP contribution in [0.15, 0.2) is 77.8 Å². The summed E-state index contributed by atoms with van der Waals surface area (Å²) in [6.07, 6.45) is 0. The molecule has 2 amide bonds. The molecule has 4 rings (SSSR count). The van der Waals surface area contributed by atoms with E-state index in [9.17, 15) is 30.4 Å². The number of carbonyl (C=O) groups excluding carboxylic acids is 2. The first-order valence-electron chi connectivity index (χ1n) is 10.8. The molecule has 1 heterocycles. The first-order valence-corrected chi connectivity index (χ1v) is 10.8. The van der Waals surface area contributed by atoms with Crippen molar-refractivity contribution in [3.8, 4) is 0 Å². The molecule has 0 spiro atoms. The van der Waals surface area contributed by atoms with E-state index in [1.54, 1.807) is 19.1 Å². The summed E-state index contributed by atoms with van der Waals surface area (Å²) in [5.41, 5.74) is 1.01. The van der Waals surface area contributed by atoms with Crippen molar-refractivity contribution >= 4 is 46.0 Å². The molecule has 0 aliphatic carbocycles. The molecule has 0 saturated carbocycles. The minimum Gasteiger partial charge on any atom is -0.595 e. The number of aliphatic imine (C=N–C) groups is 1. The van der Waals surface area contributed by atoms with Crippen LogP contribution in [0.5, 0.6) is 0 Å². The van der Waals surface area contributed by atoms with Crippen molar-refractivity contribution in [3.05, 3.63) is 100 Å². The minimum atomic E-state index is -1.21. The van der Waals surface area contributed by atoms with Gasteiger partial charge in [0, 0.05) is 40.8 Å². The summed E-state index contributed by atoms with van der Waals surface area (Å²) < 4.78 is 0. The minimum absolute atomic E-state index is 0.00494. The van der Waals surface area contributed by atoms with Gasteiger partial charge in [0.2, 0.25) is 5.96 Å². The zero-order chi connectivity index (χ0) is 26.5. The Morgan fingerprint density at radius 3 is 1.89 bits per heavy atom. The number of carbonyl (C=O) groups is 2. The third-order valence-corrected chi connectivity index (χ3v) is 5.20. The molecule has 2 atom stereocenters. The van der Waals surface area contributed by atoms with Gasteiger partial charge < -0.3 is 10.4 Å². The number of amides is 2. The molecule has 13 nitrogen and oxygen atoms in total. The highest BCUT2D eigenvalue weighted by Gasteiger charge is 2.17. The molecule has 6 N–H and O–H groups in total. The number of aromatic nitrogens is 2. The standard InChI is InChI=1S/C24H21N7O6/c1-14-19-10-2-3-11-20(19)26-23(25-14)29-24(27-21(32)15-6-4-8-17(12-15)30(34)35)28-22(33)16-7-5-9-18(13-16)31(36)37/h2-13,30-31,34,36H,1H3,(H2,25,26,27,28,29,32,33). The first-order chi connectivity index (χ1) is 17.7. The van der Waals surface area contributed by atoms with Gasteiger partial charge in [0.05, 0.1) is 11.2 Å². The fraction of sp³-hybridized carbons (Fsp3) is 0.0417. The molecule has 0 radical (unpaired) electrons. The molecule has 188 valence electrons. The number of nitrogens with one attached hydrogen (secondary N) is 4. The summed E-state index contributed by atoms with van der Waals surface area (Å²) in [7, 11) is 0. The van der Waals surface area contributed by atoms with Gasteiger partial charge in [-0.15, -0.1) is 0 Å². The summed E-state index contributed by atoms with van der Waals surface area (Å²) in [4.78, 5) is 38.7. The van der Waals surface area contributed by atoms with E-state index in [4.69, 9.17) is 0 Å². The van der Waals surface area contributed by atoms with Crippen LogP contribution in [0, 0.1) is 17.3 Å². The van der Waals surface area contributed by atoms with E-state index in [1.165, 1.54) is 48.5 Å². The Morgan fingerprint density at radius 1 is 0.811 bits per heavy atom. The lowest BCUT2D eigenvalue weighted by Gasteiger charge is -2.14. The van der Waals surface area contributed by atoms with Crippen LogP contribution in [0.3, 0.4) is 0 Å². The number of fused-ring (bicyclic) bond motifs is 1. The largest absolute Gasteiger partial charge is 0.595 e. The van der Waals surface area contributed by atoms with E-state index >= 15 is 0 Å². The Hall–Kier alpha value is -4.63. The number of para-hydroxylation sites is 1. The fourth-order valence-electron chi connectivity index (χ4n) is 3.40. The van der Waals surface area contributed by atoms with Crippen LogP contribution in [-0.4, -0.2) is 38.2 Å². The van der Waals surface area contributed by atoms with Gasteiger partial charge in [-0.05, 0) is 25.1 Å². The molecule has 13 heteroatoms. The lowest BCUT2D eigenvalue weighted by Crippen LogP contribution is -2.99. The van der Waals surface area contributed by atoms with E-state index in [1.807, 2.05) is 12.1 Å². The van der Waals surface area contributed by atoms with Gasteiger partial charge in [-0.2, -0.15) is 15.4 Å². The lowest BCUT2D eigenvalue weighted by molar-refractivity contribution is -0.991. The SMILES string of the molecule is Cc1nc(N=C(NC(=O)c2cccc([NH+]([O-])O)c2)NC(=O)c2cccc([NH+]([O-])O)c2)nc2ccccc12. The Morgan fingerprint density at radius 2 is 1.35 bits per heavy atom. The van der Waals surface area contributed by atoms with Crippen LogP contribution in [0.4, 0.5) is 17.3 Å². The Labute approximate surface area is 209 Å². The monoisotopic (exact) mass is 503 g/mol. The van der Waals surface area contributed by atoms with Gasteiger partial charge in [0.1, 0.15) is 0 Å². The van der Waals surface area contributed by atoms with E-state index in [2.05, 4.69) is 25.6 Å². The summed E-state index contributed by atoms with van der Waals surface area (Å²) in [6, 6.07) is 17.8. The van der Waals surface area contributed by atoms with E-state index < -0.39 is 22.3 Å². The molecule has 4 aromatic rings. The summed E-state index contributed by atoms with van der Waals surface area (Å²) in [6.45, 7) is 1.76. The molecule has 2 unspecified atom stereocenters. The number of nitrogens with zero attached hydrogens (tertiary/aromatic N) is 3. The van der Waals surface area contributed by atoms with Crippen LogP contribution in [0.2, 0.25) is 0 Å². The van der Waals surface area contributed by atoms with Crippen LogP contribution in [0.25, 0.3) is 10.9 Å². The molecule has 0 fully saturated rings. The molecule has 1 aromatic heterocycles. The van der Waals surface area contributed by atoms with Gasteiger partial charge in [-0.1, -0.05) is 30.3 Å². The van der Waals surface area contributed by atoms with Gasteiger partial charge in [-0.25, -0.2) is 20.4 Å². The molecule has 0 aliphatic heterocycles. The molecule has 0 aliphatic rings. The number of hydrogen-bond donors (Lipinski definition) is 6. The van der Waals surface area contributed by atoms with Gasteiger partial charge in [-0.3, -0.25) is 20.2 Å². The van der Waals surface area contributed by atoms with Crippen LogP contribution >= 0.6 is 0 Å². The maximum absolute atomic E-state index is 12.9. The van der Waals surface area contributed by atoms with Crippen molar-refractivity contribution in [1.82, 2.24) is 20.6 Å². The highest BCUT2D eigenvalue weighted by atomic mass is 16.8. The van der Waals surface area contributed by atoms with Crippen LogP contribution in [0.1, 0.15) is 26.4 Å². The molecule has 37 heavy (non-hydrogen) atoms. The first kappa shape index (κ1) is 25.5. The van der Waals surface area contributed by atoms with Gasteiger partial charge in [0.25, 0.3) is 17.8 Å². The number of hydrogen-bond acceptors (Lipinski definition) is 9. The summed E-state index contributed by atoms with van der Waals surface area (Å²) in [5.74, 6) is -1.89. The predicted molar refractivity (Wildman–Crippen MR) is 131 cm³/mol. The zero-order valence-electron chi connectivity index (χ0n) is 19.3. The average molecular weight is 503 g/mol. The van der Waals surface area contributed by atoms with Crippen molar-refractivity contribution in [2.45, 2.75) is 6.92 Å². The normalized spacial score (nSPS) is 12.5. The van der Waals surface area contributed by atoms with Crippen molar-refractivity contribution in [2.24, 2.45) is 4.99 Å². The number of guanidine groups is 1. The predicted octanol–water partition coefficient (Wildman–Crippen LogP) is 0.593. The Kier molecular flexibility index (Phi) is 7.55. The van der Waals surface area contributed by atoms with Crippen molar-refractivity contribution in [2.75, 3.05) is 0 Å². The molecule has 0 bridgehead atoms. The number of rotatable bonds is 5. The van der Waals surface area contributed by atoms with E-state index in [-0.39, 0.29) is 34.4 Å². The molecular formula is C24H21N7O6. The summed E-state index contributed by atoms with van der Waals surface area (Å²) >= 11 is 0. The second-order valence-electron chi connectivity index (χ2n) is 7.77. The molecular weight excluding hydrogens is 482 g/mol. The quantitative estimate of drug-likeness (QED) is 0.129. The smallest absolute Gasteiger partial charge is 0.258 e. The summed E-state index contributed by atoms with van der Waals surface area (Å²) in [5, 5.41) is 44.3. The molecule has 0 saturated heterocycles. The van der Waals surface area contributed by atoms with Gasteiger partial charge >= 0.3 is 0 Å². The average Bonchev–Trinajstić information content (AvgIpc) is 2.88. The third kappa shape index (κ3) is 6.14. The topological polar surface area (TPSA) is 192 Å². The van der Waals surface area contributed by atoms with Crippen molar-refractivity contribution in [1.29, 1.82) is 0 Å². The Balaban J connectivity index is 1.70. The highest BCUT2D eigenvalue weighted by molar-refractivity contribution is 6.13. The number of quaternary nitrogens is 2. The second kappa shape index (κ2) is 11.0. The van der Waals surface area contributed by atoms with Crippen LogP contribution in [-0.2, 0) is 0 Å². The maximum atomic E-state index is 12.9. The van der Waals surface area contributed by atoms with E-state index in [0.717, 1.165) is 5.39 Å². The highest BCUT2D eigenvalue weighted by Crippen LogP contribution is 2.18. The second-order valence-corrected chi connectivity index (χ2v) is 7.77. The van der Waals surface area contributed by atoms with Crippen molar-refractivity contribution < 1.29 is 30.5 Å². The van der Waals surface area contributed by atoms with E-state index in [0.29, 0.717) is 11.2 Å². The van der Waals surface area contributed by atoms with Gasteiger partial charge in [0.15, 0.2) is 11.4 Å². The fourth-order valence-corrected chi connectivity index (χ4v) is 3.40. The number of benzene rings is 3. The molecule has 3 aromatic carbocycles. The zero-order valence-corrected chi connectivity index (χ0v) is 19.3. The van der Waals surface area contributed by atoms with Crippen LogP contribution < -0.4 is 21.1 Å². The third-order valence-electron chi connectivity index (χ3n) is 5.20. The Bertz CT molecular complexity index is 1440.